The van der Waals surface area contributed by atoms with Crippen molar-refractivity contribution < 1.29 is 62.1 Å². The number of methoxy groups -OCH3 is 1. The van der Waals surface area contributed by atoms with Crippen LogP contribution in [0.1, 0.15) is 12.5 Å². The summed E-state index contributed by atoms with van der Waals surface area (Å²) >= 11 is 0. The van der Waals surface area contributed by atoms with Crippen molar-refractivity contribution in [2.75, 3.05) is 43.3 Å². The lowest BCUT2D eigenvalue weighted by atomic mass is 9.98. The largest absolute Gasteiger partial charge is 0.454 e. The van der Waals surface area contributed by atoms with Gasteiger partial charge in [-0.15, -0.1) is 0 Å². The van der Waals surface area contributed by atoms with E-state index in [1.807, 2.05) is 13.0 Å². The number of nitrogens with one attached hydrogen (secondary N) is 3. The smallest absolute Gasteiger partial charge is 0.412 e. The lowest BCUT2D eigenvalue weighted by Gasteiger charge is -2.43. The molecule has 1 fully saturated rings. The summed E-state index contributed by atoms with van der Waals surface area (Å²) in [6.45, 7) is 1.36. The maximum atomic E-state index is 13.3. The normalized spacial score (nSPS) is 21.9. The van der Waals surface area contributed by atoms with Crippen LogP contribution in [0, 0.1) is 0 Å². The Morgan fingerprint density at radius 1 is 0.708 bits per heavy atom. The third-order valence-electron chi connectivity index (χ3n) is 7.55. The number of benzene rings is 3. The molecule has 0 radical (unpaired) electrons. The van der Waals surface area contributed by atoms with Gasteiger partial charge in [0.25, 0.3) is 0 Å². The van der Waals surface area contributed by atoms with Gasteiger partial charge in [0, 0.05) is 36.3 Å². The van der Waals surface area contributed by atoms with Crippen molar-refractivity contribution in [1.29, 1.82) is 0 Å². The van der Waals surface area contributed by atoms with Crippen LogP contribution in [0.2, 0.25) is 0 Å². The Balaban J connectivity index is 1.24. The Morgan fingerprint density at radius 3 is 1.77 bits per heavy atom. The summed E-state index contributed by atoms with van der Waals surface area (Å²) < 4.78 is 49.7. The lowest BCUT2D eigenvalue weighted by Crippen LogP contribution is -2.63. The molecule has 16 heteroatoms. The van der Waals surface area contributed by atoms with E-state index in [-0.39, 0.29) is 13.6 Å². The first-order valence-electron chi connectivity index (χ1n) is 14.9. The van der Waals surface area contributed by atoms with E-state index in [0.29, 0.717) is 40.1 Å². The molecule has 3 heterocycles. The third-order valence-corrected chi connectivity index (χ3v) is 7.55. The van der Waals surface area contributed by atoms with Gasteiger partial charge in [0.05, 0.1) is 6.61 Å². The molecule has 6 rings (SSSR count). The zero-order chi connectivity index (χ0) is 33.6. The highest BCUT2D eigenvalue weighted by Gasteiger charge is 2.53. The summed E-state index contributed by atoms with van der Waals surface area (Å²) in [5, 5.41) is 18.0. The number of ether oxygens (including phenoxy) is 9. The van der Waals surface area contributed by atoms with Crippen LogP contribution in [-0.2, 0) is 30.1 Å². The summed E-state index contributed by atoms with van der Waals surface area (Å²) in [6.07, 6.45) is -9.38. The van der Waals surface area contributed by atoms with E-state index < -0.39 is 55.6 Å². The van der Waals surface area contributed by atoms with Gasteiger partial charge in [0.1, 0.15) is 6.10 Å². The van der Waals surface area contributed by atoms with Crippen LogP contribution < -0.4 is 34.9 Å². The molecule has 3 aliphatic heterocycles. The number of hydrogen-bond acceptors (Lipinski definition) is 13. The second kappa shape index (κ2) is 14.5. The van der Waals surface area contributed by atoms with Gasteiger partial charge in [-0.05, 0) is 48.4 Å². The first-order chi connectivity index (χ1) is 23.3. The van der Waals surface area contributed by atoms with Gasteiger partial charge in [-0.25, -0.2) is 14.4 Å². The summed E-state index contributed by atoms with van der Waals surface area (Å²) in [7, 11) is 1.27. The summed E-state index contributed by atoms with van der Waals surface area (Å²) in [5.41, 5.74) is 2.01. The van der Waals surface area contributed by atoms with E-state index in [1.165, 1.54) is 19.2 Å². The van der Waals surface area contributed by atoms with Crippen LogP contribution in [0.4, 0.5) is 31.4 Å². The molecule has 0 bridgehead atoms. The minimum Gasteiger partial charge on any atom is -0.454 e. The number of hydrogen-bond donors (Lipinski definition) is 4. The van der Waals surface area contributed by atoms with E-state index in [2.05, 4.69) is 16.0 Å². The van der Waals surface area contributed by atoms with Crippen LogP contribution in [0.5, 0.6) is 23.0 Å². The van der Waals surface area contributed by atoms with Gasteiger partial charge in [0.2, 0.25) is 13.6 Å². The predicted octanol–water partition coefficient (Wildman–Crippen LogP) is 4.22. The molecule has 0 saturated carbocycles. The Morgan fingerprint density at radius 2 is 1.23 bits per heavy atom. The van der Waals surface area contributed by atoms with E-state index in [4.69, 9.17) is 42.6 Å². The monoisotopic (exact) mass is 667 g/mol. The van der Waals surface area contributed by atoms with Crippen molar-refractivity contribution in [3.8, 4) is 23.0 Å². The molecule has 4 N–H and O–H groups in total. The molecule has 0 spiro atoms. The van der Waals surface area contributed by atoms with Crippen LogP contribution in [-0.4, -0.2) is 81.4 Å². The maximum Gasteiger partial charge on any atom is 0.412 e. The van der Waals surface area contributed by atoms with Gasteiger partial charge in [-0.1, -0.05) is 19.1 Å². The Labute approximate surface area is 274 Å². The summed E-state index contributed by atoms with van der Waals surface area (Å²) in [6, 6.07) is 16.5. The Kier molecular flexibility index (Phi) is 9.84. The average Bonchev–Trinajstić information content (AvgIpc) is 3.75. The second-order valence-corrected chi connectivity index (χ2v) is 10.6. The minimum atomic E-state index is -1.55. The van der Waals surface area contributed by atoms with Crippen molar-refractivity contribution in [2.24, 2.45) is 0 Å². The second-order valence-electron chi connectivity index (χ2n) is 10.6. The average molecular weight is 668 g/mol. The maximum absolute atomic E-state index is 13.3. The molecule has 3 amide bonds. The number of anilines is 3. The molecule has 3 aliphatic rings. The molecule has 16 nitrogen and oxygen atoms in total. The summed E-state index contributed by atoms with van der Waals surface area (Å²) in [4.78, 5) is 39.7. The van der Waals surface area contributed by atoms with Crippen molar-refractivity contribution in [3.63, 3.8) is 0 Å². The van der Waals surface area contributed by atoms with Crippen molar-refractivity contribution in [2.45, 2.75) is 44.1 Å². The number of amides is 3. The van der Waals surface area contributed by atoms with E-state index in [1.54, 1.807) is 42.5 Å². The molecule has 1 saturated heterocycles. The number of rotatable bonds is 9. The number of fused-ring (bicyclic) bond motifs is 2. The first kappa shape index (κ1) is 32.5. The van der Waals surface area contributed by atoms with Crippen LogP contribution in [0.25, 0.3) is 0 Å². The highest BCUT2D eigenvalue weighted by atomic mass is 16.7. The van der Waals surface area contributed by atoms with Gasteiger partial charge >= 0.3 is 18.3 Å². The molecule has 3 aromatic carbocycles. The van der Waals surface area contributed by atoms with E-state index in [9.17, 15) is 19.5 Å². The van der Waals surface area contributed by atoms with Gasteiger partial charge in [-0.2, -0.15) is 0 Å². The lowest BCUT2D eigenvalue weighted by molar-refractivity contribution is -0.290. The highest BCUT2D eigenvalue weighted by molar-refractivity contribution is 5.87. The molecule has 254 valence electrons. The van der Waals surface area contributed by atoms with Crippen molar-refractivity contribution in [3.05, 3.63) is 66.2 Å². The van der Waals surface area contributed by atoms with Gasteiger partial charge in [0.15, 0.2) is 47.6 Å². The van der Waals surface area contributed by atoms with E-state index >= 15 is 0 Å². The van der Waals surface area contributed by atoms with Gasteiger partial charge < -0.3 is 47.7 Å². The topological polar surface area (TPSA) is 191 Å². The third kappa shape index (κ3) is 7.41. The SMILES string of the molecule is CCc1cccc(NC(=O)O[C@H]2[C@H](OC(=O)Nc3ccc4c(c3)OCO4)[C@@H](OC(=O)Nc3ccc4c(c3)OCO4)[C@@H](OC)O[C@@H]2CO)c1. The minimum absolute atomic E-state index is 0.0312. The van der Waals surface area contributed by atoms with Gasteiger partial charge in [-0.3, -0.25) is 16.0 Å². The zero-order valence-electron chi connectivity index (χ0n) is 25.8. The Bertz CT molecular complexity index is 1650. The number of carbonyl (C=O) groups is 3. The quantitative estimate of drug-likeness (QED) is 0.238. The molecule has 0 unspecified atom stereocenters. The predicted molar refractivity (Wildman–Crippen MR) is 165 cm³/mol. The van der Waals surface area contributed by atoms with Crippen molar-refractivity contribution in [1.82, 2.24) is 0 Å². The highest BCUT2D eigenvalue weighted by Crippen LogP contribution is 2.36. The van der Waals surface area contributed by atoms with E-state index in [0.717, 1.165) is 12.0 Å². The summed E-state index contributed by atoms with van der Waals surface area (Å²) in [5.74, 6) is 1.83. The van der Waals surface area contributed by atoms with Crippen LogP contribution in [0.15, 0.2) is 60.7 Å². The number of aliphatic hydroxyl groups is 1. The molecule has 3 aromatic rings. The number of aliphatic hydroxyl groups excluding tert-OH is 1. The molecule has 5 atom stereocenters. The molecule has 0 aromatic heterocycles. The first-order valence-corrected chi connectivity index (χ1v) is 14.9. The molecule has 48 heavy (non-hydrogen) atoms. The molecule has 0 aliphatic carbocycles. The number of aryl methyl sites for hydroxylation is 1. The zero-order valence-corrected chi connectivity index (χ0v) is 25.8. The molecular formula is C32H33N3O13. The fraction of sp³-hybridized carbons (Fsp3) is 0.344. The number of carbonyl (C=O) groups excluding carboxylic acids is 3. The Hall–Kier alpha value is -5.45. The van der Waals surface area contributed by atoms with Crippen LogP contribution >= 0.6 is 0 Å². The van der Waals surface area contributed by atoms with Crippen molar-refractivity contribution >= 4 is 35.3 Å². The fourth-order valence-electron chi connectivity index (χ4n) is 5.25. The fourth-order valence-corrected chi connectivity index (χ4v) is 5.25. The molecular weight excluding hydrogens is 634 g/mol. The van der Waals surface area contributed by atoms with Crippen LogP contribution in [0.3, 0.4) is 0 Å². The standard InChI is InChI=1S/C32H33N3O13/c1-3-17-5-4-6-18(11-17)33-30(37)46-26-25(14-36)45-29(40-2)28(48-32(39)35-20-8-10-22-24(13-20)44-16-42-22)27(26)47-31(38)34-19-7-9-21-23(12-19)43-15-41-21/h4-13,25-29,36H,3,14-16H2,1-2H3,(H,33,37)(H,34,38)(H,35,39)/t25-,26-,27+,28-,29+/m1/s1.